The first kappa shape index (κ1) is 13.1. The zero-order valence-electron chi connectivity index (χ0n) is 10.3. The van der Waals surface area contributed by atoms with Gasteiger partial charge in [-0.3, -0.25) is 0 Å². The maximum absolute atomic E-state index is 13.6. The summed E-state index contributed by atoms with van der Waals surface area (Å²) < 4.78 is 19.1. The van der Waals surface area contributed by atoms with Gasteiger partial charge in [0, 0.05) is 12.1 Å². The number of hydrogen-bond donors (Lipinski definition) is 1. The van der Waals surface area contributed by atoms with Crippen LogP contribution in [0.15, 0.2) is 42.5 Å². The molecular formula is C15H13FN2O. The first-order valence-electron chi connectivity index (χ1n) is 5.84. The summed E-state index contributed by atoms with van der Waals surface area (Å²) in [5.74, 6) is -0.231. The molecule has 0 radical (unpaired) electrons. The second kappa shape index (κ2) is 5.98. The van der Waals surface area contributed by atoms with Gasteiger partial charge in [0.25, 0.3) is 0 Å². The molecule has 3 nitrogen and oxygen atoms in total. The molecule has 0 aromatic heterocycles. The van der Waals surface area contributed by atoms with Gasteiger partial charge in [0.05, 0.1) is 11.6 Å². The fraction of sp³-hybridized carbons (Fsp3) is 0.133. The molecule has 0 saturated heterocycles. The maximum Gasteiger partial charge on any atom is 0.165 e. The lowest BCUT2D eigenvalue weighted by molar-refractivity contribution is 0.287. The van der Waals surface area contributed by atoms with Crippen molar-refractivity contribution in [3.8, 4) is 11.8 Å². The van der Waals surface area contributed by atoms with E-state index < -0.39 is 5.82 Å². The Morgan fingerprint density at radius 1 is 1.16 bits per heavy atom. The Morgan fingerprint density at radius 3 is 2.53 bits per heavy atom. The third-order valence-corrected chi connectivity index (χ3v) is 2.73. The van der Waals surface area contributed by atoms with Crippen molar-refractivity contribution in [2.24, 2.45) is 5.73 Å². The molecule has 0 spiro atoms. The third kappa shape index (κ3) is 3.09. The average Bonchev–Trinajstić information content (AvgIpc) is 2.46. The first-order valence-corrected chi connectivity index (χ1v) is 5.84. The van der Waals surface area contributed by atoms with Crippen molar-refractivity contribution in [3.05, 3.63) is 65.0 Å². The van der Waals surface area contributed by atoms with Gasteiger partial charge in [-0.1, -0.05) is 24.3 Å². The van der Waals surface area contributed by atoms with Crippen LogP contribution in [0.5, 0.6) is 5.75 Å². The summed E-state index contributed by atoms with van der Waals surface area (Å²) in [6.45, 7) is 0.458. The largest absolute Gasteiger partial charge is 0.485 e. The number of nitrogens with zero attached hydrogens (tertiary/aromatic N) is 1. The van der Waals surface area contributed by atoms with E-state index in [1.165, 1.54) is 6.07 Å². The van der Waals surface area contributed by atoms with E-state index in [9.17, 15) is 4.39 Å². The molecular weight excluding hydrogens is 243 g/mol. The lowest BCUT2D eigenvalue weighted by atomic mass is 10.1. The topological polar surface area (TPSA) is 59.0 Å². The highest BCUT2D eigenvalue weighted by molar-refractivity contribution is 5.35. The Labute approximate surface area is 111 Å². The fourth-order valence-electron chi connectivity index (χ4n) is 1.71. The van der Waals surface area contributed by atoms with E-state index in [1.807, 2.05) is 6.07 Å². The highest BCUT2D eigenvalue weighted by Gasteiger charge is 2.08. The number of benzene rings is 2. The van der Waals surface area contributed by atoms with E-state index in [4.69, 9.17) is 15.7 Å². The Bertz CT molecular complexity index is 603. The van der Waals surface area contributed by atoms with Crippen molar-refractivity contribution in [2.75, 3.05) is 0 Å². The minimum Gasteiger partial charge on any atom is -0.485 e. The molecule has 0 aliphatic heterocycles. The summed E-state index contributed by atoms with van der Waals surface area (Å²) in [5.41, 5.74) is 7.62. The molecule has 0 amide bonds. The van der Waals surface area contributed by atoms with Crippen molar-refractivity contribution in [2.45, 2.75) is 13.2 Å². The molecule has 0 heterocycles. The van der Waals surface area contributed by atoms with Gasteiger partial charge in [-0.05, 0) is 23.8 Å². The van der Waals surface area contributed by atoms with Gasteiger partial charge < -0.3 is 10.5 Å². The van der Waals surface area contributed by atoms with Crippen LogP contribution in [-0.4, -0.2) is 0 Å². The van der Waals surface area contributed by atoms with E-state index in [-0.39, 0.29) is 18.9 Å². The Kier molecular flexibility index (Phi) is 4.11. The van der Waals surface area contributed by atoms with Gasteiger partial charge >= 0.3 is 0 Å². The summed E-state index contributed by atoms with van der Waals surface area (Å²) in [4.78, 5) is 0. The van der Waals surface area contributed by atoms with Crippen LogP contribution in [-0.2, 0) is 13.2 Å². The van der Waals surface area contributed by atoms with E-state index in [2.05, 4.69) is 0 Å². The van der Waals surface area contributed by atoms with E-state index in [0.29, 0.717) is 11.1 Å². The van der Waals surface area contributed by atoms with Gasteiger partial charge in [0.1, 0.15) is 6.61 Å². The number of ether oxygens (including phenoxy) is 1. The standard InChI is InChI=1S/C15H13FN2O/c16-14-3-1-2-13(9-18)15(14)19-10-12-6-4-11(8-17)5-7-12/h1-7H,9-10,18H2. The maximum atomic E-state index is 13.6. The van der Waals surface area contributed by atoms with Crippen LogP contribution in [0.2, 0.25) is 0 Å². The molecule has 0 aliphatic rings. The lowest BCUT2D eigenvalue weighted by Gasteiger charge is -2.11. The van der Waals surface area contributed by atoms with Gasteiger partial charge in [0.15, 0.2) is 11.6 Å². The van der Waals surface area contributed by atoms with Crippen molar-refractivity contribution in [3.63, 3.8) is 0 Å². The van der Waals surface area contributed by atoms with Crippen molar-refractivity contribution in [1.29, 1.82) is 5.26 Å². The van der Waals surface area contributed by atoms with Crippen LogP contribution in [0.4, 0.5) is 4.39 Å². The predicted octanol–water partition coefficient (Wildman–Crippen LogP) is 2.74. The summed E-state index contributed by atoms with van der Waals surface area (Å²) >= 11 is 0. The van der Waals surface area contributed by atoms with E-state index in [0.717, 1.165) is 5.56 Å². The summed E-state index contributed by atoms with van der Waals surface area (Å²) in [6, 6.07) is 13.7. The number of nitriles is 1. The second-order valence-corrected chi connectivity index (χ2v) is 4.03. The smallest absolute Gasteiger partial charge is 0.165 e. The molecule has 0 aliphatic carbocycles. The molecule has 4 heteroatoms. The highest BCUT2D eigenvalue weighted by Crippen LogP contribution is 2.23. The van der Waals surface area contributed by atoms with Gasteiger partial charge in [0.2, 0.25) is 0 Å². The van der Waals surface area contributed by atoms with Gasteiger partial charge in [-0.25, -0.2) is 4.39 Å². The third-order valence-electron chi connectivity index (χ3n) is 2.73. The Balaban J connectivity index is 2.12. The minimum absolute atomic E-state index is 0.189. The zero-order valence-corrected chi connectivity index (χ0v) is 10.3. The number of hydrogen-bond acceptors (Lipinski definition) is 3. The predicted molar refractivity (Wildman–Crippen MR) is 69.8 cm³/mol. The second-order valence-electron chi connectivity index (χ2n) is 4.03. The number of para-hydroxylation sites is 1. The van der Waals surface area contributed by atoms with Gasteiger partial charge in [-0.15, -0.1) is 0 Å². The van der Waals surface area contributed by atoms with Crippen LogP contribution < -0.4 is 10.5 Å². The molecule has 96 valence electrons. The Morgan fingerprint density at radius 2 is 1.89 bits per heavy atom. The zero-order chi connectivity index (χ0) is 13.7. The van der Waals surface area contributed by atoms with Crippen molar-refractivity contribution >= 4 is 0 Å². The van der Waals surface area contributed by atoms with E-state index in [1.54, 1.807) is 36.4 Å². The quantitative estimate of drug-likeness (QED) is 0.915. The van der Waals surface area contributed by atoms with E-state index >= 15 is 0 Å². The highest BCUT2D eigenvalue weighted by atomic mass is 19.1. The number of nitrogens with two attached hydrogens (primary N) is 1. The molecule has 0 fully saturated rings. The molecule has 0 atom stereocenters. The monoisotopic (exact) mass is 256 g/mol. The summed E-state index contributed by atoms with van der Waals surface area (Å²) in [5, 5.41) is 8.70. The first-order chi connectivity index (χ1) is 9.24. The molecule has 0 saturated carbocycles. The summed E-state index contributed by atoms with van der Waals surface area (Å²) in [6.07, 6.45) is 0. The molecule has 2 aromatic rings. The summed E-state index contributed by atoms with van der Waals surface area (Å²) in [7, 11) is 0. The molecule has 2 rings (SSSR count). The fourth-order valence-corrected chi connectivity index (χ4v) is 1.71. The average molecular weight is 256 g/mol. The number of rotatable bonds is 4. The molecule has 0 unspecified atom stereocenters. The molecule has 0 bridgehead atoms. The van der Waals surface area contributed by atoms with Gasteiger partial charge in [-0.2, -0.15) is 5.26 Å². The molecule has 19 heavy (non-hydrogen) atoms. The molecule has 2 N–H and O–H groups in total. The SMILES string of the molecule is N#Cc1ccc(COc2c(F)cccc2CN)cc1. The van der Waals surface area contributed by atoms with Crippen LogP contribution >= 0.6 is 0 Å². The number of halogens is 1. The van der Waals surface area contributed by atoms with Crippen LogP contribution in [0.1, 0.15) is 16.7 Å². The Hall–Kier alpha value is -2.38. The van der Waals surface area contributed by atoms with Crippen molar-refractivity contribution < 1.29 is 9.13 Å². The van der Waals surface area contributed by atoms with Crippen molar-refractivity contribution in [1.82, 2.24) is 0 Å². The van der Waals surface area contributed by atoms with Crippen LogP contribution in [0, 0.1) is 17.1 Å². The normalized spacial score (nSPS) is 9.95. The molecule has 2 aromatic carbocycles. The van der Waals surface area contributed by atoms with Crippen LogP contribution in [0.25, 0.3) is 0 Å². The van der Waals surface area contributed by atoms with Crippen LogP contribution in [0.3, 0.4) is 0 Å². The lowest BCUT2D eigenvalue weighted by Crippen LogP contribution is -2.04. The minimum atomic E-state index is -0.420.